The molecule has 0 radical (unpaired) electrons. The van der Waals surface area contributed by atoms with Crippen molar-refractivity contribution in [1.29, 1.82) is 0 Å². The smallest absolute Gasteiger partial charge is 0.186 e. The lowest BCUT2D eigenvalue weighted by atomic mass is 9.90. The van der Waals surface area contributed by atoms with Crippen molar-refractivity contribution in [2.24, 2.45) is 0 Å². The van der Waals surface area contributed by atoms with Gasteiger partial charge in [-0.05, 0) is 46.2 Å². The van der Waals surface area contributed by atoms with Gasteiger partial charge in [0.25, 0.3) is 0 Å². The van der Waals surface area contributed by atoms with E-state index in [0.717, 1.165) is 11.1 Å². The number of ether oxygens (including phenoxy) is 2. The molecule has 0 bridgehead atoms. The minimum absolute atomic E-state index is 0.290. The molecule has 0 amide bonds. The summed E-state index contributed by atoms with van der Waals surface area (Å²) in [5, 5.41) is 0. The molecule has 3 heteroatoms. The van der Waals surface area contributed by atoms with Gasteiger partial charge in [0.1, 0.15) is 0 Å². The van der Waals surface area contributed by atoms with Crippen LogP contribution in [0.25, 0.3) is 0 Å². The van der Waals surface area contributed by atoms with Crippen molar-refractivity contribution in [2.45, 2.75) is 52.1 Å². The predicted molar refractivity (Wildman–Crippen MR) is 62.0 cm³/mol. The number of aryl methyl sites for hydroxylation is 1. The normalized spacial score (nSPS) is 23.6. The van der Waals surface area contributed by atoms with E-state index in [9.17, 15) is 0 Å². The van der Waals surface area contributed by atoms with E-state index in [-0.39, 0.29) is 17.5 Å². The van der Waals surface area contributed by atoms with Crippen molar-refractivity contribution in [1.82, 2.24) is 4.98 Å². The van der Waals surface area contributed by atoms with Crippen LogP contribution in [-0.2, 0) is 9.47 Å². The Kier molecular flexibility index (Phi) is 2.55. The molecule has 1 saturated heterocycles. The van der Waals surface area contributed by atoms with Crippen LogP contribution < -0.4 is 0 Å². The van der Waals surface area contributed by atoms with Crippen LogP contribution in [0.2, 0.25) is 0 Å². The first kappa shape index (κ1) is 11.6. The second-order valence-electron chi connectivity index (χ2n) is 5.38. The Morgan fingerprint density at radius 3 is 2.12 bits per heavy atom. The van der Waals surface area contributed by atoms with Crippen LogP contribution in [0.1, 0.15) is 45.1 Å². The highest BCUT2D eigenvalue weighted by molar-refractivity contribution is 5.19. The van der Waals surface area contributed by atoms with Gasteiger partial charge in [-0.2, -0.15) is 0 Å². The highest BCUT2D eigenvalue weighted by atomic mass is 16.7. The zero-order chi connectivity index (χ0) is 12.0. The first-order valence-corrected chi connectivity index (χ1v) is 5.59. The van der Waals surface area contributed by atoms with Crippen LogP contribution >= 0.6 is 0 Å². The predicted octanol–water partition coefficient (Wildman–Crippen LogP) is 2.99. The molecule has 2 heterocycles. The Balaban J connectivity index is 2.27. The maximum atomic E-state index is 5.94. The third-order valence-corrected chi connectivity index (χ3v) is 3.42. The molecule has 1 aromatic heterocycles. The van der Waals surface area contributed by atoms with Gasteiger partial charge in [0.05, 0.1) is 11.2 Å². The van der Waals surface area contributed by atoms with E-state index in [2.05, 4.69) is 38.7 Å². The molecule has 0 N–H and O–H groups in total. The molecule has 1 aliphatic rings. The fourth-order valence-electron chi connectivity index (χ4n) is 1.69. The minimum Gasteiger partial charge on any atom is -0.339 e. The van der Waals surface area contributed by atoms with Gasteiger partial charge >= 0.3 is 0 Å². The van der Waals surface area contributed by atoms with Crippen LogP contribution in [0, 0.1) is 6.92 Å². The molecule has 1 aromatic rings. The summed E-state index contributed by atoms with van der Waals surface area (Å²) < 4.78 is 11.9. The largest absolute Gasteiger partial charge is 0.339 e. The molecule has 0 aliphatic carbocycles. The molecular formula is C13H19NO2. The second kappa shape index (κ2) is 3.54. The van der Waals surface area contributed by atoms with Crippen LogP contribution in [0.15, 0.2) is 18.5 Å². The van der Waals surface area contributed by atoms with E-state index < -0.39 is 0 Å². The zero-order valence-corrected chi connectivity index (χ0v) is 10.6. The monoisotopic (exact) mass is 221 g/mol. The van der Waals surface area contributed by atoms with Crippen molar-refractivity contribution in [3.8, 4) is 0 Å². The zero-order valence-electron chi connectivity index (χ0n) is 10.6. The fourth-order valence-corrected chi connectivity index (χ4v) is 1.69. The minimum atomic E-state index is -0.308. The van der Waals surface area contributed by atoms with Crippen molar-refractivity contribution in [2.75, 3.05) is 0 Å². The molecule has 1 aliphatic heterocycles. The first-order chi connectivity index (χ1) is 7.32. The van der Waals surface area contributed by atoms with Gasteiger partial charge < -0.3 is 9.47 Å². The summed E-state index contributed by atoms with van der Waals surface area (Å²) in [7, 11) is 0. The number of hydrogen-bond acceptors (Lipinski definition) is 3. The van der Waals surface area contributed by atoms with Crippen LogP contribution in [0.3, 0.4) is 0 Å². The number of nitrogens with zero attached hydrogens (tertiary/aromatic N) is 1. The third kappa shape index (κ3) is 1.85. The summed E-state index contributed by atoms with van der Waals surface area (Å²) in [4.78, 5) is 4.16. The Labute approximate surface area is 96.8 Å². The number of rotatable bonds is 1. The lowest BCUT2D eigenvalue weighted by Gasteiger charge is -2.30. The molecule has 0 atom stereocenters. The van der Waals surface area contributed by atoms with Crippen molar-refractivity contribution in [3.05, 3.63) is 29.6 Å². The molecule has 88 valence electrons. The Hall–Kier alpha value is -0.930. The standard InChI is InChI=1S/C13H19NO2/c1-9-6-10(8-14-7-9)11-15-12(2,3)13(4,5)16-11/h6-8,11H,1-5H3. The van der Waals surface area contributed by atoms with E-state index in [1.807, 2.05) is 13.1 Å². The molecule has 0 spiro atoms. The van der Waals surface area contributed by atoms with E-state index in [1.165, 1.54) is 0 Å². The van der Waals surface area contributed by atoms with Crippen LogP contribution in [0.5, 0.6) is 0 Å². The van der Waals surface area contributed by atoms with Crippen LogP contribution in [-0.4, -0.2) is 16.2 Å². The molecule has 0 saturated carbocycles. The van der Waals surface area contributed by atoms with Crippen molar-refractivity contribution < 1.29 is 9.47 Å². The number of pyridine rings is 1. The van der Waals surface area contributed by atoms with Gasteiger partial charge in [-0.15, -0.1) is 0 Å². The topological polar surface area (TPSA) is 31.4 Å². The van der Waals surface area contributed by atoms with Crippen molar-refractivity contribution in [3.63, 3.8) is 0 Å². The first-order valence-electron chi connectivity index (χ1n) is 5.59. The maximum absolute atomic E-state index is 5.94. The molecule has 3 nitrogen and oxygen atoms in total. The summed E-state index contributed by atoms with van der Waals surface area (Å²) >= 11 is 0. The molecule has 1 fully saturated rings. The number of hydrogen-bond donors (Lipinski definition) is 0. The lowest BCUT2D eigenvalue weighted by Crippen LogP contribution is -2.41. The maximum Gasteiger partial charge on any atom is 0.186 e. The van der Waals surface area contributed by atoms with Crippen molar-refractivity contribution >= 4 is 0 Å². The van der Waals surface area contributed by atoms with Gasteiger partial charge in [0.2, 0.25) is 0 Å². The van der Waals surface area contributed by atoms with E-state index >= 15 is 0 Å². The summed E-state index contributed by atoms with van der Waals surface area (Å²) in [5.41, 5.74) is 1.52. The Morgan fingerprint density at radius 2 is 1.62 bits per heavy atom. The van der Waals surface area contributed by atoms with Gasteiger partial charge in [-0.25, -0.2) is 0 Å². The molecular weight excluding hydrogens is 202 g/mol. The molecule has 2 rings (SSSR count). The van der Waals surface area contributed by atoms with Crippen LogP contribution in [0.4, 0.5) is 0 Å². The highest BCUT2D eigenvalue weighted by Gasteiger charge is 2.49. The quantitative estimate of drug-likeness (QED) is 0.730. The highest BCUT2D eigenvalue weighted by Crippen LogP contribution is 2.44. The second-order valence-corrected chi connectivity index (χ2v) is 5.38. The van der Waals surface area contributed by atoms with E-state index in [4.69, 9.17) is 9.47 Å². The molecule has 0 aromatic carbocycles. The molecule has 16 heavy (non-hydrogen) atoms. The average molecular weight is 221 g/mol. The van der Waals surface area contributed by atoms with Gasteiger partial charge in [-0.1, -0.05) is 0 Å². The van der Waals surface area contributed by atoms with Gasteiger partial charge in [0.15, 0.2) is 6.29 Å². The summed E-state index contributed by atoms with van der Waals surface area (Å²) in [6.45, 7) is 10.2. The third-order valence-electron chi connectivity index (χ3n) is 3.42. The fraction of sp³-hybridized carbons (Fsp3) is 0.615. The van der Waals surface area contributed by atoms with Gasteiger partial charge in [-0.3, -0.25) is 4.98 Å². The van der Waals surface area contributed by atoms with E-state index in [0.29, 0.717) is 0 Å². The molecule has 0 unspecified atom stereocenters. The summed E-state index contributed by atoms with van der Waals surface area (Å²) in [6.07, 6.45) is 3.32. The van der Waals surface area contributed by atoms with Gasteiger partial charge in [0, 0.05) is 18.0 Å². The SMILES string of the molecule is Cc1cncc(C2OC(C)(C)C(C)(C)O2)c1. The lowest BCUT2D eigenvalue weighted by molar-refractivity contribution is -0.0897. The number of aromatic nitrogens is 1. The average Bonchev–Trinajstić information content (AvgIpc) is 2.36. The summed E-state index contributed by atoms with van der Waals surface area (Å²) in [5.74, 6) is 0. The Morgan fingerprint density at radius 1 is 1.06 bits per heavy atom. The van der Waals surface area contributed by atoms with E-state index in [1.54, 1.807) is 6.20 Å². The summed E-state index contributed by atoms with van der Waals surface area (Å²) in [6, 6.07) is 2.05. The Bertz CT molecular complexity index is 383.